The van der Waals surface area contributed by atoms with Gasteiger partial charge in [-0.1, -0.05) is 6.07 Å². The van der Waals surface area contributed by atoms with Crippen LogP contribution in [0.15, 0.2) is 53.6 Å². The Morgan fingerprint density at radius 2 is 1.85 bits per heavy atom. The second-order valence-electron chi connectivity index (χ2n) is 5.04. The highest BCUT2D eigenvalue weighted by atomic mass is 32.1. The highest BCUT2D eigenvalue weighted by molar-refractivity contribution is 7.12. The number of amides is 1. The molecule has 26 heavy (non-hydrogen) atoms. The molecule has 1 amide bonds. The van der Waals surface area contributed by atoms with Crippen molar-refractivity contribution in [2.45, 2.75) is 12.6 Å². The number of nitrogens with zero attached hydrogens (tertiary/aromatic N) is 1. The Labute approximate surface area is 149 Å². The molecular formula is C16H12F3N2O4S+. The van der Waals surface area contributed by atoms with Gasteiger partial charge in [0.25, 0.3) is 10.8 Å². The molecule has 6 nitrogen and oxygen atoms in total. The van der Waals surface area contributed by atoms with Crippen LogP contribution in [0.2, 0.25) is 0 Å². The highest BCUT2D eigenvalue weighted by Crippen LogP contribution is 2.29. The number of ketones is 1. The molecular weight excluding hydrogens is 373 g/mol. The standard InChI is InChI=1S/C16H11F3N2O4S/c17-16(18,19)11(8-13(22)14-2-1-7-26-14)9-20-15(23)10-3-5-12(6-4-10)21(24)25/h1-7,9H,8H2,(H-,20,23,24,25)/p+1/b11-9-. The maximum absolute atomic E-state index is 13.1. The third kappa shape index (κ3) is 4.99. The van der Waals surface area contributed by atoms with Gasteiger partial charge in [-0.2, -0.15) is 13.2 Å². The van der Waals surface area contributed by atoms with Gasteiger partial charge in [0.1, 0.15) is 0 Å². The van der Waals surface area contributed by atoms with Crippen LogP contribution < -0.4 is 5.32 Å². The van der Waals surface area contributed by atoms with E-state index in [0.717, 1.165) is 35.6 Å². The minimum atomic E-state index is -4.79. The van der Waals surface area contributed by atoms with Crippen LogP contribution in [0.3, 0.4) is 0 Å². The molecule has 2 aromatic rings. The van der Waals surface area contributed by atoms with Crippen molar-refractivity contribution in [2.24, 2.45) is 0 Å². The SMILES string of the molecule is O=C(N/C=C(/CC(=O)c1cccs1)C(F)(F)F)c1ccc([N+](=O)O)cc1. The molecule has 1 heterocycles. The molecule has 0 aliphatic rings. The molecule has 0 bridgehead atoms. The van der Waals surface area contributed by atoms with Gasteiger partial charge in [-0.05, 0) is 23.6 Å². The van der Waals surface area contributed by atoms with Gasteiger partial charge in [0.05, 0.1) is 15.4 Å². The van der Waals surface area contributed by atoms with E-state index in [4.69, 9.17) is 5.21 Å². The van der Waals surface area contributed by atoms with E-state index in [0.29, 0.717) is 6.20 Å². The third-order valence-corrected chi connectivity index (χ3v) is 4.15. The first-order chi connectivity index (χ1) is 12.2. The maximum atomic E-state index is 13.1. The smallest absolute Gasteiger partial charge is 0.328 e. The summed E-state index contributed by atoms with van der Waals surface area (Å²) in [5, 5.41) is 12.2. The van der Waals surface area contributed by atoms with Crippen LogP contribution in [-0.4, -0.2) is 28.0 Å². The van der Waals surface area contributed by atoms with E-state index in [1.54, 1.807) is 11.4 Å². The van der Waals surface area contributed by atoms with Crippen LogP contribution in [0.5, 0.6) is 0 Å². The van der Waals surface area contributed by atoms with E-state index in [1.165, 1.54) is 6.07 Å². The number of thiophene rings is 1. The lowest BCUT2D eigenvalue weighted by Gasteiger charge is -2.11. The lowest BCUT2D eigenvalue weighted by atomic mass is 10.1. The van der Waals surface area contributed by atoms with Crippen molar-refractivity contribution in [3.05, 3.63) is 68.9 Å². The minimum absolute atomic E-state index is 0.0297. The Morgan fingerprint density at radius 3 is 2.35 bits per heavy atom. The molecule has 2 N–H and O–H groups in total. The van der Waals surface area contributed by atoms with Gasteiger partial charge < -0.3 is 5.32 Å². The van der Waals surface area contributed by atoms with Gasteiger partial charge in [-0.15, -0.1) is 11.3 Å². The summed E-state index contributed by atoms with van der Waals surface area (Å²) in [5.41, 5.74) is -1.37. The van der Waals surface area contributed by atoms with E-state index in [2.05, 4.69) is 0 Å². The number of hydrogen-bond donors (Lipinski definition) is 2. The molecule has 0 fully saturated rings. The first kappa shape index (κ1) is 19.3. The molecule has 0 unspecified atom stereocenters. The quantitative estimate of drug-likeness (QED) is 0.581. The van der Waals surface area contributed by atoms with Crippen molar-refractivity contribution in [3.8, 4) is 0 Å². The largest absolute Gasteiger partial charge is 0.414 e. The van der Waals surface area contributed by atoms with Gasteiger partial charge in [0, 0.05) is 30.3 Å². The summed E-state index contributed by atoms with van der Waals surface area (Å²) in [7, 11) is 0. The Balaban J connectivity index is 2.13. The lowest BCUT2D eigenvalue weighted by molar-refractivity contribution is -0.729. The summed E-state index contributed by atoms with van der Waals surface area (Å²) in [5.74, 6) is -1.57. The van der Waals surface area contributed by atoms with Crippen LogP contribution in [0.4, 0.5) is 18.9 Å². The monoisotopic (exact) mass is 385 g/mol. The van der Waals surface area contributed by atoms with Gasteiger partial charge in [0.15, 0.2) is 5.78 Å². The average Bonchev–Trinajstić information content (AvgIpc) is 3.11. The van der Waals surface area contributed by atoms with Crippen LogP contribution in [0.1, 0.15) is 26.5 Å². The van der Waals surface area contributed by atoms with Crippen molar-refractivity contribution >= 4 is 28.7 Å². The van der Waals surface area contributed by atoms with Gasteiger partial charge in [0.2, 0.25) is 0 Å². The molecule has 1 aromatic heterocycles. The molecule has 1 aromatic carbocycles. The molecule has 2 rings (SSSR count). The molecule has 10 heteroatoms. The minimum Gasteiger partial charge on any atom is -0.328 e. The number of hydrogen-bond acceptors (Lipinski definition) is 4. The zero-order chi connectivity index (χ0) is 19.3. The topological polar surface area (TPSA) is 86.5 Å². The molecule has 0 saturated carbocycles. The molecule has 0 aliphatic carbocycles. The molecule has 0 saturated heterocycles. The number of carbonyl (C=O) groups is 2. The number of halogens is 3. The predicted molar refractivity (Wildman–Crippen MR) is 86.4 cm³/mol. The Hall–Kier alpha value is -3.01. The number of carbonyl (C=O) groups excluding carboxylic acids is 2. The first-order valence-electron chi connectivity index (χ1n) is 7.08. The lowest BCUT2D eigenvalue weighted by Crippen LogP contribution is -2.23. The normalized spacial score (nSPS) is 11.9. The number of alkyl halides is 3. The van der Waals surface area contributed by atoms with Crippen LogP contribution in [-0.2, 0) is 0 Å². The van der Waals surface area contributed by atoms with Crippen LogP contribution in [0, 0.1) is 4.91 Å². The van der Waals surface area contributed by atoms with Gasteiger partial charge in [-0.25, -0.2) is 5.21 Å². The van der Waals surface area contributed by atoms with Crippen molar-refractivity contribution in [1.29, 1.82) is 0 Å². The third-order valence-electron chi connectivity index (χ3n) is 3.24. The average molecular weight is 385 g/mol. The fourth-order valence-electron chi connectivity index (χ4n) is 1.91. The van der Waals surface area contributed by atoms with E-state index in [-0.39, 0.29) is 16.1 Å². The van der Waals surface area contributed by atoms with Crippen LogP contribution in [0.25, 0.3) is 0 Å². The van der Waals surface area contributed by atoms with E-state index >= 15 is 0 Å². The highest BCUT2D eigenvalue weighted by Gasteiger charge is 2.35. The second kappa shape index (κ2) is 7.91. The fourth-order valence-corrected chi connectivity index (χ4v) is 2.57. The van der Waals surface area contributed by atoms with E-state index in [9.17, 15) is 27.7 Å². The molecule has 0 radical (unpaired) electrons. The van der Waals surface area contributed by atoms with Crippen molar-refractivity contribution in [3.63, 3.8) is 0 Å². The zero-order valence-corrected chi connectivity index (χ0v) is 13.8. The molecule has 0 aliphatic heterocycles. The second-order valence-corrected chi connectivity index (χ2v) is 5.99. The number of allylic oxidation sites excluding steroid dienone is 1. The van der Waals surface area contributed by atoms with E-state index < -0.39 is 34.8 Å². The summed E-state index contributed by atoms with van der Waals surface area (Å²) < 4.78 is 39.2. The zero-order valence-electron chi connectivity index (χ0n) is 13.0. The number of rotatable bonds is 6. The molecule has 0 spiro atoms. The number of nitrogens with one attached hydrogen (secondary N) is 1. The summed E-state index contributed by atoms with van der Waals surface area (Å²) >= 11 is 1.03. The summed E-state index contributed by atoms with van der Waals surface area (Å²) in [4.78, 5) is 34.2. The number of benzene rings is 1. The Morgan fingerprint density at radius 1 is 1.19 bits per heavy atom. The van der Waals surface area contributed by atoms with Gasteiger partial charge in [-0.3, -0.25) is 9.59 Å². The fraction of sp³-hybridized carbons (Fsp3) is 0.125. The summed E-state index contributed by atoms with van der Waals surface area (Å²) in [6.07, 6.45) is -5.24. The van der Waals surface area contributed by atoms with E-state index in [1.807, 2.05) is 5.32 Å². The van der Waals surface area contributed by atoms with Gasteiger partial charge >= 0.3 is 11.9 Å². The predicted octanol–water partition coefficient (Wildman–Crippen LogP) is 4.00. The molecule has 0 atom stereocenters. The summed E-state index contributed by atoms with van der Waals surface area (Å²) in [6.45, 7) is 0. The van der Waals surface area contributed by atoms with Crippen molar-refractivity contribution < 1.29 is 32.9 Å². The molecule has 136 valence electrons. The van der Waals surface area contributed by atoms with Crippen LogP contribution >= 0.6 is 11.3 Å². The summed E-state index contributed by atoms with van der Waals surface area (Å²) in [6, 6.07) is 7.53. The Bertz CT molecular complexity index is 843. The Kier molecular flexibility index (Phi) is 5.88. The first-order valence-corrected chi connectivity index (χ1v) is 7.96. The van der Waals surface area contributed by atoms with Crippen molar-refractivity contribution in [1.82, 2.24) is 5.32 Å². The number of Topliss-reactive ketones (excluding diaryl/α,β-unsaturated/α-hetero) is 1. The maximum Gasteiger partial charge on any atom is 0.414 e. The van der Waals surface area contributed by atoms with Crippen molar-refractivity contribution in [2.75, 3.05) is 0 Å².